The molecular formula is C15H12BrClF3N. The van der Waals surface area contributed by atoms with Gasteiger partial charge in [0.15, 0.2) is 0 Å². The monoisotopic (exact) mass is 377 g/mol. The van der Waals surface area contributed by atoms with Gasteiger partial charge in [0, 0.05) is 22.6 Å². The van der Waals surface area contributed by atoms with E-state index in [2.05, 4.69) is 21.2 Å². The molecule has 112 valence electrons. The van der Waals surface area contributed by atoms with E-state index in [-0.39, 0.29) is 0 Å². The molecule has 0 aliphatic rings. The summed E-state index contributed by atoms with van der Waals surface area (Å²) in [6.45, 7) is 1.09. The molecule has 21 heavy (non-hydrogen) atoms. The van der Waals surface area contributed by atoms with Gasteiger partial charge in [0.05, 0.1) is 5.56 Å². The first-order valence-electron chi connectivity index (χ1n) is 6.17. The van der Waals surface area contributed by atoms with Crippen LogP contribution in [-0.2, 0) is 19.3 Å². The summed E-state index contributed by atoms with van der Waals surface area (Å²) in [5.41, 5.74) is 1.20. The highest BCUT2D eigenvalue weighted by Gasteiger charge is 2.29. The van der Waals surface area contributed by atoms with Gasteiger partial charge in [-0.15, -0.1) is 0 Å². The SMILES string of the molecule is FC(F)(F)c1ccc(CNCc2ccc(Cl)cc2Br)cc1. The van der Waals surface area contributed by atoms with Crippen LogP contribution in [0.2, 0.25) is 5.02 Å². The van der Waals surface area contributed by atoms with Crippen molar-refractivity contribution in [2.75, 3.05) is 0 Å². The molecule has 0 spiro atoms. The zero-order valence-electron chi connectivity index (χ0n) is 10.8. The number of halogens is 5. The molecule has 0 fully saturated rings. The van der Waals surface area contributed by atoms with Crippen LogP contribution in [0.25, 0.3) is 0 Å². The second kappa shape index (κ2) is 6.81. The van der Waals surface area contributed by atoms with Crippen LogP contribution < -0.4 is 5.32 Å². The van der Waals surface area contributed by atoms with Crippen molar-refractivity contribution in [1.82, 2.24) is 5.32 Å². The van der Waals surface area contributed by atoms with Crippen molar-refractivity contribution in [1.29, 1.82) is 0 Å². The maximum Gasteiger partial charge on any atom is 0.416 e. The summed E-state index contributed by atoms with van der Waals surface area (Å²) in [6, 6.07) is 10.6. The van der Waals surface area contributed by atoms with Crippen molar-refractivity contribution in [3.05, 3.63) is 68.7 Å². The molecule has 0 unspecified atom stereocenters. The number of hydrogen-bond donors (Lipinski definition) is 1. The second-order valence-corrected chi connectivity index (χ2v) is 5.82. The summed E-state index contributed by atoms with van der Waals surface area (Å²) < 4.78 is 38.2. The first kappa shape index (κ1) is 16.3. The molecule has 0 radical (unpaired) electrons. The Morgan fingerprint density at radius 3 is 2.24 bits per heavy atom. The zero-order chi connectivity index (χ0) is 15.5. The van der Waals surface area contributed by atoms with Crippen LogP contribution in [0.15, 0.2) is 46.9 Å². The van der Waals surface area contributed by atoms with E-state index in [9.17, 15) is 13.2 Å². The Balaban J connectivity index is 1.91. The molecular weight excluding hydrogens is 367 g/mol. The molecule has 0 saturated carbocycles. The van der Waals surface area contributed by atoms with Crippen LogP contribution in [-0.4, -0.2) is 0 Å². The number of hydrogen-bond acceptors (Lipinski definition) is 1. The quantitative estimate of drug-likeness (QED) is 0.750. The number of rotatable bonds is 4. The van der Waals surface area contributed by atoms with E-state index in [0.29, 0.717) is 18.1 Å². The highest BCUT2D eigenvalue weighted by molar-refractivity contribution is 9.10. The lowest BCUT2D eigenvalue weighted by Crippen LogP contribution is -2.13. The van der Waals surface area contributed by atoms with Crippen molar-refractivity contribution in [3.8, 4) is 0 Å². The average molecular weight is 379 g/mol. The summed E-state index contributed by atoms with van der Waals surface area (Å²) in [5, 5.41) is 3.83. The van der Waals surface area contributed by atoms with Gasteiger partial charge in [-0.3, -0.25) is 0 Å². The lowest BCUT2D eigenvalue weighted by atomic mass is 10.1. The van der Waals surface area contributed by atoms with Crippen LogP contribution in [0.1, 0.15) is 16.7 Å². The molecule has 0 aliphatic carbocycles. The molecule has 2 rings (SSSR count). The molecule has 0 atom stereocenters. The molecule has 0 saturated heterocycles. The standard InChI is InChI=1S/C15H12BrClF3N/c16-14-7-13(17)6-3-11(14)9-21-8-10-1-4-12(5-2-10)15(18,19)20/h1-7,21H,8-9H2. The Kier molecular flexibility index (Phi) is 5.30. The van der Waals surface area contributed by atoms with Gasteiger partial charge in [-0.2, -0.15) is 13.2 Å². The molecule has 2 aromatic carbocycles. The first-order chi connectivity index (χ1) is 9.86. The third-order valence-corrected chi connectivity index (χ3v) is 3.91. The summed E-state index contributed by atoms with van der Waals surface area (Å²) in [4.78, 5) is 0. The van der Waals surface area contributed by atoms with Crippen molar-refractivity contribution >= 4 is 27.5 Å². The lowest BCUT2D eigenvalue weighted by Gasteiger charge is -2.09. The fourth-order valence-electron chi connectivity index (χ4n) is 1.82. The van der Waals surface area contributed by atoms with Crippen LogP contribution >= 0.6 is 27.5 Å². The maximum absolute atomic E-state index is 12.4. The minimum absolute atomic E-state index is 0.493. The lowest BCUT2D eigenvalue weighted by molar-refractivity contribution is -0.137. The maximum atomic E-state index is 12.4. The van der Waals surface area contributed by atoms with Gasteiger partial charge in [-0.1, -0.05) is 45.7 Å². The van der Waals surface area contributed by atoms with Crippen molar-refractivity contribution in [3.63, 3.8) is 0 Å². The molecule has 2 aromatic rings. The summed E-state index contributed by atoms with van der Waals surface area (Å²) in [7, 11) is 0. The van der Waals surface area contributed by atoms with E-state index in [4.69, 9.17) is 11.6 Å². The Hall–Kier alpha value is -1.04. The summed E-state index contributed by atoms with van der Waals surface area (Å²) >= 11 is 9.27. The first-order valence-corrected chi connectivity index (χ1v) is 7.34. The van der Waals surface area contributed by atoms with Gasteiger partial charge in [0.1, 0.15) is 0 Å². The van der Waals surface area contributed by atoms with Crippen molar-refractivity contribution < 1.29 is 13.2 Å². The van der Waals surface area contributed by atoms with Gasteiger partial charge in [0.2, 0.25) is 0 Å². The predicted octanol–water partition coefficient (Wildman–Crippen LogP) is 5.41. The highest BCUT2D eigenvalue weighted by Crippen LogP contribution is 2.29. The predicted molar refractivity (Wildman–Crippen MR) is 81.1 cm³/mol. The molecule has 6 heteroatoms. The van der Waals surface area contributed by atoms with Crippen LogP contribution in [0.3, 0.4) is 0 Å². The molecule has 1 nitrogen and oxygen atoms in total. The van der Waals surface area contributed by atoms with E-state index < -0.39 is 11.7 Å². The van der Waals surface area contributed by atoms with E-state index in [1.807, 2.05) is 6.07 Å². The molecule has 1 N–H and O–H groups in total. The smallest absolute Gasteiger partial charge is 0.309 e. The Morgan fingerprint density at radius 1 is 1.00 bits per heavy atom. The normalized spacial score (nSPS) is 11.7. The Labute approximate surface area is 134 Å². The van der Waals surface area contributed by atoms with Gasteiger partial charge >= 0.3 is 6.18 Å². The summed E-state index contributed by atoms with van der Waals surface area (Å²) in [5.74, 6) is 0. The molecule has 0 aliphatic heterocycles. The van der Waals surface area contributed by atoms with Gasteiger partial charge in [-0.25, -0.2) is 0 Å². The van der Waals surface area contributed by atoms with Gasteiger partial charge in [-0.05, 0) is 35.4 Å². The highest BCUT2D eigenvalue weighted by atomic mass is 79.9. The number of nitrogens with one attached hydrogen (secondary N) is 1. The number of alkyl halides is 3. The minimum atomic E-state index is -4.29. The van der Waals surface area contributed by atoms with Gasteiger partial charge in [0.25, 0.3) is 0 Å². The second-order valence-electron chi connectivity index (χ2n) is 4.53. The molecule has 0 heterocycles. The van der Waals surface area contributed by atoms with Crippen LogP contribution in [0.4, 0.5) is 13.2 Å². The Bertz CT molecular complexity index is 611. The molecule has 0 amide bonds. The average Bonchev–Trinajstić information content (AvgIpc) is 2.41. The van der Waals surface area contributed by atoms with Gasteiger partial charge < -0.3 is 5.32 Å². The summed E-state index contributed by atoms with van der Waals surface area (Å²) in [6.07, 6.45) is -4.29. The zero-order valence-corrected chi connectivity index (χ0v) is 13.2. The largest absolute Gasteiger partial charge is 0.416 e. The van der Waals surface area contributed by atoms with E-state index in [1.165, 1.54) is 12.1 Å². The fourth-order valence-corrected chi connectivity index (χ4v) is 2.64. The van der Waals surface area contributed by atoms with E-state index >= 15 is 0 Å². The van der Waals surface area contributed by atoms with E-state index in [0.717, 1.165) is 27.7 Å². The molecule has 0 aromatic heterocycles. The minimum Gasteiger partial charge on any atom is -0.309 e. The third-order valence-electron chi connectivity index (χ3n) is 2.94. The fraction of sp³-hybridized carbons (Fsp3) is 0.200. The third kappa shape index (κ3) is 4.73. The van der Waals surface area contributed by atoms with E-state index in [1.54, 1.807) is 12.1 Å². The Morgan fingerprint density at radius 2 is 1.67 bits per heavy atom. The number of benzene rings is 2. The molecule has 0 bridgehead atoms. The van der Waals surface area contributed by atoms with Crippen molar-refractivity contribution in [2.24, 2.45) is 0 Å². The van der Waals surface area contributed by atoms with Crippen molar-refractivity contribution in [2.45, 2.75) is 19.3 Å². The van der Waals surface area contributed by atoms with Crippen LogP contribution in [0.5, 0.6) is 0 Å². The topological polar surface area (TPSA) is 12.0 Å². The van der Waals surface area contributed by atoms with Crippen LogP contribution in [0, 0.1) is 0 Å².